The van der Waals surface area contributed by atoms with Crippen molar-refractivity contribution in [3.63, 3.8) is 0 Å². The lowest BCUT2D eigenvalue weighted by atomic mass is 10.1. The summed E-state index contributed by atoms with van der Waals surface area (Å²) in [4.78, 5) is 26.0. The fourth-order valence-electron chi connectivity index (χ4n) is 3.10. The summed E-state index contributed by atoms with van der Waals surface area (Å²) in [6, 6.07) is 14.8. The Labute approximate surface area is 196 Å². The predicted octanol–water partition coefficient (Wildman–Crippen LogP) is 4.55. The molecule has 1 aromatic heterocycles. The smallest absolute Gasteiger partial charge is 0.251 e. The van der Waals surface area contributed by atoms with Gasteiger partial charge in [-0.2, -0.15) is 0 Å². The maximum Gasteiger partial charge on any atom is 0.251 e. The average molecular weight is 470 g/mol. The maximum absolute atomic E-state index is 12.6. The van der Waals surface area contributed by atoms with E-state index < -0.39 is 0 Å². The molecule has 9 heteroatoms. The molecule has 0 bridgehead atoms. The molecular weight excluding hydrogens is 442 g/mol. The van der Waals surface area contributed by atoms with E-state index in [1.807, 2.05) is 68.0 Å². The van der Waals surface area contributed by atoms with E-state index >= 15 is 0 Å². The highest BCUT2D eigenvalue weighted by Crippen LogP contribution is 2.22. The normalized spacial score (nSPS) is 11.8. The van der Waals surface area contributed by atoms with Crippen LogP contribution in [-0.2, 0) is 11.3 Å². The number of anilines is 1. The molecule has 2 aromatic carbocycles. The molecule has 168 valence electrons. The Kier molecular flexibility index (Phi) is 8.35. The summed E-state index contributed by atoms with van der Waals surface area (Å²) in [6.45, 7) is 6.48. The summed E-state index contributed by atoms with van der Waals surface area (Å²) in [5.74, 6) is 0.597. The van der Waals surface area contributed by atoms with Crippen LogP contribution in [0.2, 0.25) is 0 Å². The number of hydrogen-bond acceptors (Lipinski definition) is 6. The molecule has 0 saturated carbocycles. The lowest BCUT2D eigenvalue weighted by Crippen LogP contribution is -2.28. The first-order valence-electron chi connectivity index (χ1n) is 10.3. The van der Waals surface area contributed by atoms with Crippen molar-refractivity contribution in [2.24, 2.45) is 0 Å². The van der Waals surface area contributed by atoms with Gasteiger partial charge < -0.3 is 15.2 Å². The Morgan fingerprint density at radius 3 is 2.56 bits per heavy atom. The highest BCUT2D eigenvalue weighted by Gasteiger charge is 2.20. The monoisotopic (exact) mass is 469 g/mol. The minimum absolute atomic E-state index is 0.110. The summed E-state index contributed by atoms with van der Waals surface area (Å²) < 4.78 is 1.92. The molecule has 2 amide bonds. The van der Waals surface area contributed by atoms with Gasteiger partial charge in [-0.1, -0.05) is 35.5 Å². The van der Waals surface area contributed by atoms with E-state index in [0.717, 1.165) is 16.1 Å². The van der Waals surface area contributed by atoms with Gasteiger partial charge in [0.05, 0.1) is 11.8 Å². The summed E-state index contributed by atoms with van der Waals surface area (Å²) >= 11 is 2.95. The molecule has 0 fully saturated rings. The van der Waals surface area contributed by atoms with Crippen LogP contribution in [0.4, 0.5) is 5.69 Å². The van der Waals surface area contributed by atoms with E-state index in [9.17, 15) is 9.59 Å². The number of nitrogens with zero attached hydrogens (tertiary/aromatic N) is 3. The molecule has 1 atom stereocenters. The first-order valence-corrected chi connectivity index (χ1v) is 12.5. The van der Waals surface area contributed by atoms with Gasteiger partial charge in [-0.15, -0.1) is 22.0 Å². The van der Waals surface area contributed by atoms with Crippen LogP contribution >= 0.6 is 23.5 Å². The van der Waals surface area contributed by atoms with E-state index in [1.165, 1.54) is 11.8 Å². The third-order valence-electron chi connectivity index (χ3n) is 4.80. The van der Waals surface area contributed by atoms with Gasteiger partial charge in [-0.3, -0.25) is 9.59 Å². The molecule has 1 heterocycles. The Morgan fingerprint density at radius 2 is 1.88 bits per heavy atom. The highest BCUT2D eigenvalue weighted by molar-refractivity contribution is 7.99. The standard InChI is InChI=1S/C23H27N5O2S2/c1-5-28-21(16(3)24-22(30)17-11-9-15(2)10-12-17)26-27-23(28)32-14-20(29)25-18-7-6-8-19(13-18)31-4/h6-13,16H,5,14H2,1-4H3,(H,24,30)(H,25,29)/t16-/m0/s1. The Bertz CT molecular complexity index is 1080. The summed E-state index contributed by atoms with van der Waals surface area (Å²) in [6.07, 6.45) is 2.00. The third-order valence-corrected chi connectivity index (χ3v) is 6.49. The lowest BCUT2D eigenvalue weighted by molar-refractivity contribution is -0.113. The number of carbonyl (C=O) groups is 2. The number of nitrogens with one attached hydrogen (secondary N) is 2. The third kappa shape index (κ3) is 6.14. The number of thioether (sulfide) groups is 2. The summed E-state index contributed by atoms with van der Waals surface area (Å²) in [5, 5.41) is 15.1. The van der Waals surface area contributed by atoms with Crippen molar-refractivity contribution >= 4 is 41.0 Å². The fraction of sp³-hybridized carbons (Fsp3) is 0.304. The van der Waals surface area contributed by atoms with E-state index in [0.29, 0.717) is 23.1 Å². The number of rotatable bonds is 9. The highest BCUT2D eigenvalue weighted by atomic mass is 32.2. The molecule has 2 N–H and O–H groups in total. The second-order valence-electron chi connectivity index (χ2n) is 7.22. The first kappa shape index (κ1) is 23.9. The summed E-state index contributed by atoms with van der Waals surface area (Å²) in [5.41, 5.74) is 2.47. The summed E-state index contributed by atoms with van der Waals surface area (Å²) in [7, 11) is 0. The van der Waals surface area contributed by atoms with Crippen LogP contribution in [0.5, 0.6) is 0 Å². The van der Waals surface area contributed by atoms with Crippen LogP contribution in [0.25, 0.3) is 0 Å². The number of aromatic nitrogens is 3. The zero-order valence-corrected chi connectivity index (χ0v) is 20.2. The number of hydrogen-bond donors (Lipinski definition) is 2. The minimum Gasteiger partial charge on any atom is -0.342 e. The number of amides is 2. The minimum atomic E-state index is -0.325. The van der Waals surface area contributed by atoms with Crippen LogP contribution in [0.3, 0.4) is 0 Å². The molecule has 3 rings (SSSR count). The van der Waals surface area contributed by atoms with Gasteiger partial charge in [0.1, 0.15) is 0 Å². The molecule has 0 spiro atoms. The van der Waals surface area contributed by atoms with Gasteiger partial charge in [0.2, 0.25) is 5.91 Å². The first-order chi connectivity index (χ1) is 15.4. The van der Waals surface area contributed by atoms with Crippen molar-refractivity contribution in [1.29, 1.82) is 0 Å². The number of benzene rings is 2. The van der Waals surface area contributed by atoms with Gasteiger partial charge in [0.25, 0.3) is 5.91 Å². The van der Waals surface area contributed by atoms with Crippen LogP contribution in [-0.4, -0.2) is 38.6 Å². The molecule has 0 saturated heterocycles. The van der Waals surface area contributed by atoms with Crippen molar-refractivity contribution in [3.8, 4) is 0 Å². The molecule has 0 aliphatic rings. The van der Waals surface area contributed by atoms with Gasteiger partial charge in [-0.25, -0.2) is 0 Å². The maximum atomic E-state index is 12.6. The molecule has 0 aliphatic heterocycles. The second-order valence-corrected chi connectivity index (χ2v) is 9.04. The lowest BCUT2D eigenvalue weighted by Gasteiger charge is -2.15. The molecule has 0 radical (unpaired) electrons. The number of aryl methyl sites for hydroxylation is 1. The van der Waals surface area contributed by atoms with Crippen LogP contribution in [0, 0.1) is 6.92 Å². The van der Waals surface area contributed by atoms with Crippen molar-refractivity contribution < 1.29 is 9.59 Å². The zero-order chi connectivity index (χ0) is 23.1. The Morgan fingerprint density at radius 1 is 1.12 bits per heavy atom. The van der Waals surface area contributed by atoms with Gasteiger partial charge >= 0.3 is 0 Å². The second kappa shape index (κ2) is 11.2. The van der Waals surface area contributed by atoms with Crippen LogP contribution in [0.15, 0.2) is 58.6 Å². The van der Waals surface area contributed by atoms with Crippen molar-refractivity contribution in [2.75, 3.05) is 17.3 Å². The van der Waals surface area contributed by atoms with E-state index in [2.05, 4.69) is 20.8 Å². The molecule has 0 unspecified atom stereocenters. The SMILES string of the molecule is CCn1c(SCC(=O)Nc2cccc(SC)c2)nnc1[C@H](C)NC(=O)c1ccc(C)cc1. The Hall–Kier alpha value is -2.78. The molecule has 7 nitrogen and oxygen atoms in total. The topological polar surface area (TPSA) is 88.9 Å². The zero-order valence-electron chi connectivity index (χ0n) is 18.6. The largest absolute Gasteiger partial charge is 0.342 e. The number of carbonyl (C=O) groups excluding carboxylic acids is 2. The van der Waals surface area contributed by atoms with Crippen molar-refractivity contribution in [2.45, 2.75) is 43.4 Å². The predicted molar refractivity (Wildman–Crippen MR) is 130 cm³/mol. The Balaban J connectivity index is 1.61. The quantitative estimate of drug-likeness (QED) is 0.447. The van der Waals surface area contributed by atoms with Crippen LogP contribution < -0.4 is 10.6 Å². The fourth-order valence-corrected chi connectivity index (χ4v) is 4.37. The van der Waals surface area contributed by atoms with Gasteiger partial charge in [-0.05, 0) is 57.4 Å². The van der Waals surface area contributed by atoms with E-state index in [-0.39, 0.29) is 23.6 Å². The van der Waals surface area contributed by atoms with Gasteiger partial charge in [0.15, 0.2) is 11.0 Å². The molecular formula is C23H27N5O2S2. The molecule has 3 aromatic rings. The van der Waals surface area contributed by atoms with Crippen molar-refractivity contribution in [3.05, 3.63) is 65.5 Å². The van der Waals surface area contributed by atoms with Crippen LogP contribution in [0.1, 0.15) is 41.6 Å². The van der Waals surface area contributed by atoms with Crippen molar-refractivity contribution in [1.82, 2.24) is 20.1 Å². The van der Waals surface area contributed by atoms with E-state index in [4.69, 9.17) is 0 Å². The average Bonchev–Trinajstić information content (AvgIpc) is 3.21. The van der Waals surface area contributed by atoms with Gasteiger partial charge in [0, 0.05) is 22.7 Å². The molecule has 0 aliphatic carbocycles. The van der Waals surface area contributed by atoms with E-state index in [1.54, 1.807) is 23.9 Å². The molecule has 32 heavy (non-hydrogen) atoms.